The van der Waals surface area contributed by atoms with Crippen LogP contribution in [-0.4, -0.2) is 42.9 Å². The third kappa shape index (κ3) is 4.15. The molecule has 1 atom stereocenters. The van der Waals surface area contributed by atoms with Crippen LogP contribution in [-0.2, 0) is 15.5 Å². The van der Waals surface area contributed by atoms with Gasteiger partial charge in [-0.2, -0.15) is 8.42 Å². The van der Waals surface area contributed by atoms with Gasteiger partial charge >= 0.3 is 0 Å². The summed E-state index contributed by atoms with van der Waals surface area (Å²) < 4.78 is 36.1. The van der Waals surface area contributed by atoms with Crippen LogP contribution in [0.5, 0.6) is 0 Å². The molecule has 0 fully saturated rings. The lowest BCUT2D eigenvalue weighted by molar-refractivity contribution is 0.381. The molecule has 0 aromatic heterocycles. The quantitative estimate of drug-likeness (QED) is 0.450. The summed E-state index contributed by atoms with van der Waals surface area (Å²) in [5.41, 5.74) is 7.64. The Bertz CT molecular complexity index is 1610. The molecular weight excluding hydrogens is 492 g/mol. The van der Waals surface area contributed by atoms with E-state index in [2.05, 4.69) is 102 Å². The highest BCUT2D eigenvalue weighted by Crippen LogP contribution is 2.47. The molecule has 204 valence electrons. The summed E-state index contributed by atoms with van der Waals surface area (Å²) in [6.45, 7) is 22.0. The van der Waals surface area contributed by atoms with Crippen LogP contribution in [0.1, 0.15) is 102 Å². The number of fused-ring (bicyclic) bond motifs is 4. The standard InChI is InChI=1S/C32H42N2O3S/c1-10-33-28-15-26-21(13-24(28)20(3)17-30(33,4)5)12-22-14-25-23(19-38(35,36)37)18-31(6,7)34(11-2)29(25)16-27(22)32(26,8)9/h12-16,18,20H,10-11,17,19H2,1-9H3/p+1. The smallest absolute Gasteiger partial charge is 0.269 e. The van der Waals surface area contributed by atoms with Crippen molar-refractivity contribution in [3.63, 3.8) is 0 Å². The first-order valence-corrected chi connectivity index (χ1v) is 15.6. The van der Waals surface area contributed by atoms with Gasteiger partial charge in [-0.1, -0.05) is 20.8 Å². The number of anilines is 1. The second-order valence-corrected chi connectivity index (χ2v) is 14.6. The number of likely N-dealkylation sites (N-methyl/N-ethyl adjacent to an activating group) is 1. The summed E-state index contributed by atoms with van der Waals surface area (Å²) in [6, 6.07) is 9.26. The van der Waals surface area contributed by atoms with Crippen molar-refractivity contribution < 1.29 is 13.0 Å². The SMILES string of the molecule is CCN1c2cc3c(cc2C(C)CC1(C)C)C=c1cc2c(cc1C3(C)C)=[N+](CC)C(C)(C)C=C2CS(=O)(=O)O. The normalized spacial score (nSPS) is 22.5. The molecule has 2 aromatic rings. The van der Waals surface area contributed by atoms with E-state index in [1.807, 2.05) is 6.08 Å². The molecule has 0 radical (unpaired) electrons. The molecule has 2 aliphatic heterocycles. The van der Waals surface area contributed by atoms with Gasteiger partial charge in [0.1, 0.15) is 12.3 Å². The minimum atomic E-state index is -4.17. The highest BCUT2D eigenvalue weighted by Gasteiger charge is 2.40. The van der Waals surface area contributed by atoms with E-state index in [1.165, 1.54) is 27.9 Å². The summed E-state index contributed by atoms with van der Waals surface area (Å²) in [5.74, 6) is 0.0899. The van der Waals surface area contributed by atoms with Crippen molar-refractivity contribution in [3.8, 4) is 0 Å². The average Bonchev–Trinajstić information content (AvgIpc) is 2.76. The largest absolute Gasteiger partial charge is 0.366 e. The Hall–Kier alpha value is -2.44. The second kappa shape index (κ2) is 8.53. The summed E-state index contributed by atoms with van der Waals surface area (Å²) in [4.78, 5) is 2.56. The molecule has 1 N–H and O–H groups in total. The van der Waals surface area contributed by atoms with Crippen LogP contribution in [0.15, 0.2) is 30.3 Å². The summed E-state index contributed by atoms with van der Waals surface area (Å²) >= 11 is 0. The van der Waals surface area contributed by atoms with Crippen molar-refractivity contribution in [2.75, 3.05) is 23.7 Å². The average molecular weight is 536 g/mol. The van der Waals surface area contributed by atoms with Gasteiger partial charge in [0.2, 0.25) is 5.36 Å². The lowest BCUT2D eigenvalue weighted by atomic mass is 9.69. The Balaban J connectivity index is 1.82. The first kappa shape index (κ1) is 27.1. The van der Waals surface area contributed by atoms with E-state index >= 15 is 0 Å². The number of hydrogen-bond acceptors (Lipinski definition) is 3. The maximum Gasteiger partial charge on any atom is 0.269 e. The highest BCUT2D eigenvalue weighted by atomic mass is 32.2. The minimum Gasteiger partial charge on any atom is -0.366 e. The monoisotopic (exact) mass is 535 g/mol. The van der Waals surface area contributed by atoms with Crippen LogP contribution in [0, 0.1) is 0 Å². The molecule has 0 saturated heterocycles. The molecule has 3 aliphatic rings. The Morgan fingerprint density at radius 1 is 1.03 bits per heavy atom. The predicted octanol–water partition coefficient (Wildman–Crippen LogP) is 4.84. The van der Waals surface area contributed by atoms with E-state index in [1.54, 1.807) is 0 Å². The van der Waals surface area contributed by atoms with Crippen LogP contribution < -0.4 is 20.1 Å². The molecule has 1 unspecified atom stereocenters. The summed E-state index contributed by atoms with van der Waals surface area (Å²) in [5, 5.41) is 2.15. The van der Waals surface area contributed by atoms with Gasteiger partial charge in [-0.25, -0.2) is 4.58 Å². The van der Waals surface area contributed by atoms with Gasteiger partial charge < -0.3 is 4.90 Å². The van der Waals surface area contributed by atoms with Gasteiger partial charge in [-0.15, -0.1) is 0 Å². The van der Waals surface area contributed by atoms with E-state index < -0.39 is 10.1 Å². The number of benzene rings is 2. The Kier molecular flexibility index (Phi) is 6.09. The van der Waals surface area contributed by atoms with E-state index in [0.717, 1.165) is 35.6 Å². The summed E-state index contributed by atoms with van der Waals surface area (Å²) in [6.07, 6.45) is 5.40. The lowest BCUT2D eigenvalue weighted by Gasteiger charge is -2.48. The molecule has 6 heteroatoms. The molecule has 0 saturated carbocycles. The van der Waals surface area contributed by atoms with Crippen molar-refractivity contribution >= 4 is 27.5 Å². The zero-order chi connectivity index (χ0) is 28.0. The van der Waals surface area contributed by atoms with Crippen molar-refractivity contribution in [1.82, 2.24) is 4.58 Å². The van der Waals surface area contributed by atoms with E-state index in [0.29, 0.717) is 11.5 Å². The molecular formula is C32H43N2O3S+. The maximum absolute atomic E-state index is 12.0. The molecule has 2 aromatic carbocycles. The number of rotatable bonds is 4. The first-order valence-electron chi connectivity index (χ1n) is 13.9. The molecule has 5 rings (SSSR count). The third-order valence-electron chi connectivity index (χ3n) is 9.21. The third-order valence-corrected chi connectivity index (χ3v) is 9.89. The van der Waals surface area contributed by atoms with Crippen molar-refractivity contribution in [2.24, 2.45) is 0 Å². The topological polar surface area (TPSA) is 60.6 Å². The fraction of sp³-hybridized carbons (Fsp3) is 0.531. The molecule has 0 bridgehead atoms. The van der Waals surface area contributed by atoms with Crippen molar-refractivity contribution in [2.45, 2.75) is 91.1 Å². The Morgan fingerprint density at radius 3 is 2.32 bits per heavy atom. The highest BCUT2D eigenvalue weighted by molar-refractivity contribution is 7.86. The van der Waals surface area contributed by atoms with Gasteiger partial charge in [-0.05, 0) is 103 Å². The molecule has 5 nitrogen and oxygen atoms in total. The zero-order valence-corrected chi connectivity index (χ0v) is 25.3. The van der Waals surface area contributed by atoms with Crippen molar-refractivity contribution in [1.29, 1.82) is 0 Å². The zero-order valence-electron chi connectivity index (χ0n) is 24.4. The van der Waals surface area contributed by atoms with Crippen LogP contribution in [0.2, 0.25) is 0 Å². The lowest BCUT2D eigenvalue weighted by Crippen LogP contribution is -2.51. The van der Waals surface area contributed by atoms with Gasteiger partial charge in [0.15, 0.2) is 5.54 Å². The van der Waals surface area contributed by atoms with E-state index in [-0.39, 0.29) is 22.2 Å². The molecule has 0 amide bonds. The first-order chi connectivity index (χ1) is 17.5. The van der Waals surface area contributed by atoms with E-state index in [4.69, 9.17) is 0 Å². The van der Waals surface area contributed by atoms with E-state index in [9.17, 15) is 13.0 Å². The Morgan fingerprint density at radius 2 is 1.71 bits per heavy atom. The Labute approximate surface area is 228 Å². The minimum absolute atomic E-state index is 0.109. The second-order valence-electron chi connectivity index (χ2n) is 13.2. The number of nitrogens with zero attached hydrogens (tertiary/aromatic N) is 2. The molecule has 1 aliphatic carbocycles. The fourth-order valence-corrected chi connectivity index (χ4v) is 8.28. The maximum atomic E-state index is 12.0. The molecule has 2 heterocycles. The van der Waals surface area contributed by atoms with Crippen LogP contribution >= 0.6 is 0 Å². The molecule has 0 spiro atoms. The van der Waals surface area contributed by atoms with Gasteiger partial charge in [-0.3, -0.25) is 4.55 Å². The van der Waals surface area contributed by atoms with Gasteiger partial charge in [0.25, 0.3) is 10.1 Å². The van der Waals surface area contributed by atoms with Crippen LogP contribution in [0.25, 0.3) is 11.6 Å². The predicted molar refractivity (Wildman–Crippen MR) is 158 cm³/mol. The molecule has 38 heavy (non-hydrogen) atoms. The van der Waals surface area contributed by atoms with Gasteiger partial charge in [0, 0.05) is 43.1 Å². The fourth-order valence-electron chi connectivity index (χ4n) is 7.65. The summed E-state index contributed by atoms with van der Waals surface area (Å²) in [7, 11) is -4.17. The van der Waals surface area contributed by atoms with Crippen LogP contribution in [0.4, 0.5) is 5.69 Å². The van der Waals surface area contributed by atoms with Crippen LogP contribution in [0.3, 0.4) is 0 Å². The van der Waals surface area contributed by atoms with Gasteiger partial charge in [0.05, 0.1) is 5.56 Å². The number of hydrogen-bond donors (Lipinski definition) is 1. The van der Waals surface area contributed by atoms with Crippen molar-refractivity contribution in [3.05, 3.63) is 68.7 Å².